The molecule has 0 spiro atoms. The van der Waals surface area contributed by atoms with E-state index in [2.05, 4.69) is 15.4 Å². The van der Waals surface area contributed by atoms with Gasteiger partial charge in [-0.3, -0.25) is 0 Å². The van der Waals surface area contributed by atoms with Crippen molar-refractivity contribution in [1.82, 2.24) is 9.97 Å². The van der Waals surface area contributed by atoms with Gasteiger partial charge in [0.1, 0.15) is 23.3 Å². The van der Waals surface area contributed by atoms with Crippen molar-refractivity contribution in [2.45, 2.75) is 19.9 Å². The maximum Gasteiger partial charge on any atom is 0.145 e. The van der Waals surface area contributed by atoms with Gasteiger partial charge in [0.2, 0.25) is 0 Å². The quantitative estimate of drug-likeness (QED) is 0.646. The van der Waals surface area contributed by atoms with E-state index < -0.39 is 0 Å². The van der Waals surface area contributed by atoms with E-state index in [-0.39, 0.29) is 5.82 Å². The van der Waals surface area contributed by atoms with Gasteiger partial charge in [0.25, 0.3) is 0 Å². The van der Waals surface area contributed by atoms with E-state index in [9.17, 15) is 4.39 Å². The van der Waals surface area contributed by atoms with E-state index in [0.717, 1.165) is 23.6 Å². The summed E-state index contributed by atoms with van der Waals surface area (Å²) in [5, 5.41) is 0. The van der Waals surface area contributed by atoms with Gasteiger partial charge in [-0.15, -0.1) is 0 Å². The first kappa shape index (κ1) is 14.2. The van der Waals surface area contributed by atoms with Crippen LogP contribution in [0.15, 0.2) is 30.3 Å². The number of aryl methyl sites for hydroxylation is 1. The first-order valence-electron chi connectivity index (χ1n) is 6.42. The molecular weight excluding hydrogens is 257 g/mol. The van der Waals surface area contributed by atoms with E-state index in [4.69, 9.17) is 5.84 Å². The molecule has 6 heteroatoms. The number of nitrogen functional groups attached to an aromatic ring is 1. The minimum absolute atomic E-state index is 0.235. The van der Waals surface area contributed by atoms with Crippen LogP contribution in [0.25, 0.3) is 0 Å². The largest absolute Gasteiger partial charge is 0.355 e. The number of anilines is 2. The first-order chi connectivity index (χ1) is 9.62. The van der Waals surface area contributed by atoms with Crippen molar-refractivity contribution in [2.75, 3.05) is 17.4 Å². The summed E-state index contributed by atoms with van der Waals surface area (Å²) in [7, 11) is 1.92. The topological polar surface area (TPSA) is 67.1 Å². The Morgan fingerprint density at radius 1 is 1.25 bits per heavy atom. The van der Waals surface area contributed by atoms with Crippen molar-refractivity contribution in [3.63, 3.8) is 0 Å². The molecule has 0 saturated carbocycles. The Bertz CT molecular complexity index is 548. The summed E-state index contributed by atoms with van der Waals surface area (Å²) in [6.07, 6.45) is 0.729. The van der Waals surface area contributed by atoms with Crippen molar-refractivity contribution in [2.24, 2.45) is 5.84 Å². The fourth-order valence-electron chi connectivity index (χ4n) is 1.86. The average Bonchev–Trinajstić information content (AvgIpc) is 2.48. The Hall–Kier alpha value is -2.21. The molecular formula is C14H18FN5. The van der Waals surface area contributed by atoms with E-state index in [1.165, 1.54) is 12.1 Å². The van der Waals surface area contributed by atoms with Crippen LogP contribution in [-0.2, 0) is 13.0 Å². The Labute approximate surface area is 117 Å². The molecule has 20 heavy (non-hydrogen) atoms. The molecule has 2 aromatic rings. The number of hydrogen-bond donors (Lipinski definition) is 2. The van der Waals surface area contributed by atoms with Gasteiger partial charge in [-0.1, -0.05) is 19.1 Å². The molecule has 1 aromatic carbocycles. The van der Waals surface area contributed by atoms with Crippen LogP contribution < -0.4 is 16.2 Å². The van der Waals surface area contributed by atoms with Crippen LogP contribution in [0.5, 0.6) is 0 Å². The number of aromatic nitrogens is 2. The molecule has 0 fully saturated rings. The number of nitrogens with one attached hydrogen (secondary N) is 1. The Morgan fingerprint density at radius 3 is 2.55 bits per heavy atom. The molecule has 0 amide bonds. The predicted molar refractivity (Wildman–Crippen MR) is 77.7 cm³/mol. The van der Waals surface area contributed by atoms with Crippen LogP contribution in [0.2, 0.25) is 0 Å². The predicted octanol–water partition coefficient (Wildman–Crippen LogP) is 2.10. The summed E-state index contributed by atoms with van der Waals surface area (Å²) in [6, 6.07) is 8.20. The van der Waals surface area contributed by atoms with E-state index >= 15 is 0 Å². The van der Waals surface area contributed by atoms with Crippen LogP contribution in [-0.4, -0.2) is 17.0 Å². The molecule has 0 radical (unpaired) electrons. The van der Waals surface area contributed by atoms with Crippen LogP contribution in [0.3, 0.4) is 0 Å². The highest BCUT2D eigenvalue weighted by atomic mass is 19.1. The van der Waals surface area contributed by atoms with Crippen LogP contribution >= 0.6 is 0 Å². The van der Waals surface area contributed by atoms with Gasteiger partial charge >= 0.3 is 0 Å². The highest BCUT2D eigenvalue weighted by Crippen LogP contribution is 2.17. The maximum absolute atomic E-state index is 12.9. The van der Waals surface area contributed by atoms with Gasteiger partial charge in [-0.2, -0.15) is 0 Å². The van der Waals surface area contributed by atoms with Gasteiger partial charge in [-0.05, 0) is 17.7 Å². The van der Waals surface area contributed by atoms with Gasteiger partial charge in [0.05, 0.1) is 0 Å². The summed E-state index contributed by atoms with van der Waals surface area (Å²) < 4.78 is 12.9. The molecule has 0 unspecified atom stereocenters. The van der Waals surface area contributed by atoms with E-state index in [1.54, 1.807) is 18.2 Å². The van der Waals surface area contributed by atoms with E-state index in [0.29, 0.717) is 12.4 Å². The lowest BCUT2D eigenvalue weighted by atomic mass is 10.2. The summed E-state index contributed by atoms with van der Waals surface area (Å²) in [5.74, 6) is 7.25. The highest BCUT2D eigenvalue weighted by molar-refractivity contribution is 5.48. The minimum Gasteiger partial charge on any atom is -0.355 e. The Morgan fingerprint density at radius 2 is 1.95 bits per heavy atom. The van der Waals surface area contributed by atoms with Crippen molar-refractivity contribution >= 4 is 11.6 Å². The van der Waals surface area contributed by atoms with Crippen molar-refractivity contribution in [3.8, 4) is 0 Å². The molecule has 2 rings (SSSR count). The Kier molecular flexibility index (Phi) is 4.47. The number of nitrogens with two attached hydrogens (primary N) is 1. The number of hydrogen-bond acceptors (Lipinski definition) is 5. The SMILES string of the molecule is CCc1nc(NN)cc(N(C)Cc2ccc(F)cc2)n1. The summed E-state index contributed by atoms with van der Waals surface area (Å²) in [4.78, 5) is 10.7. The number of rotatable bonds is 5. The third-order valence-corrected chi connectivity index (χ3v) is 2.95. The minimum atomic E-state index is -0.235. The molecule has 0 aliphatic rings. The molecule has 0 aliphatic heterocycles. The average molecular weight is 275 g/mol. The fourth-order valence-corrected chi connectivity index (χ4v) is 1.86. The fraction of sp³-hybridized carbons (Fsp3) is 0.286. The van der Waals surface area contributed by atoms with Gasteiger partial charge in [-0.25, -0.2) is 20.2 Å². The monoisotopic (exact) mass is 275 g/mol. The Balaban J connectivity index is 2.19. The molecule has 0 bridgehead atoms. The van der Waals surface area contributed by atoms with E-state index in [1.807, 2.05) is 18.9 Å². The molecule has 0 aliphatic carbocycles. The highest BCUT2D eigenvalue weighted by Gasteiger charge is 2.08. The number of hydrazine groups is 1. The second-order valence-electron chi connectivity index (χ2n) is 4.51. The lowest BCUT2D eigenvalue weighted by molar-refractivity contribution is 0.627. The normalized spacial score (nSPS) is 10.4. The zero-order chi connectivity index (χ0) is 14.5. The van der Waals surface area contributed by atoms with Gasteiger partial charge < -0.3 is 10.3 Å². The number of nitrogens with zero attached hydrogens (tertiary/aromatic N) is 3. The van der Waals surface area contributed by atoms with Crippen molar-refractivity contribution < 1.29 is 4.39 Å². The molecule has 5 nitrogen and oxygen atoms in total. The van der Waals surface area contributed by atoms with Crippen LogP contribution in [0.1, 0.15) is 18.3 Å². The molecule has 0 atom stereocenters. The van der Waals surface area contributed by atoms with Gasteiger partial charge in [0.15, 0.2) is 0 Å². The first-order valence-corrected chi connectivity index (χ1v) is 6.42. The zero-order valence-electron chi connectivity index (χ0n) is 11.6. The second kappa shape index (κ2) is 6.29. The lowest BCUT2D eigenvalue weighted by Gasteiger charge is -2.19. The summed E-state index contributed by atoms with van der Waals surface area (Å²) in [5.41, 5.74) is 3.55. The van der Waals surface area contributed by atoms with Crippen molar-refractivity contribution in [1.29, 1.82) is 0 Å². The smallest absolute Gasteiger partial charge is 0.145 e. The molecule has 1 heterocycles. The standard InChI is InChI=1S/C14H18FN5/c1-3-12-17-13(19-16)8-14(18-12)20(2)9-10-4-6-11(15)7-5-10/h4-8H,3,9,16H2,1-2H3,(H,17,18,19). The van der Waals surface area contributed by atoms with Crippen LogP contribution in [0, 0.1) is 5.82 Å². The summed E-state index contributed by atoms with van der Waals surface area (Å²) in [6.45, 7) is 2.61. The van der Waals surface area contributed by atoms with Gasteiger partial charge in [0, 0.05) is 26.1 Å². The molecule has 1 aromatic heterocycles. The molecule has 106 valence electrons. The maximum atomic E-state index is 12.9. The van der Waals surface area contributed by atoms with Crippen LogP contribution in [0.4, 0.5) is 16.0 Å². The zero-order valence-corrected chi connectivity index (χ0v) is 11.6. The second-order valence-corrected chi connectivity index (χ2v) is 4.51. The number of benzene rings is 1. The van der Waals surface area contributed by atoms with Crippen molar-refractivity contribution in [3.05, 3.63) is 47.5 Å². The molecule has 0 saturated heterocycles. The summed E-state index contributed by atoms with van der Waals surface area (Å²) >= 11 is 0. The third kappa shape index (κ3) is 3.42. The third-order valence-electron chi connectivity index (χ3n) is 2.95. The molecule has 3 N–H and O–H groups in total. The number of halogens is 1. The lowest BCUT2D eigenvalue weighted by Crippen LogP contribution is -2.20.